The lowest BCUT2D eigenvalue weighted by molar-refractivity contribution is 1.46. The van der Waals surface area contributed by atoms with Gasteiger partial charge in [0.05, 0.1) is 0 Å². The summed E-state index contributed by atoms with van der Waals surface area (Å²) in [6.07, 6.45) is 4.99. The van der Waals surface area contributed by atoms with Gasteiger partial charge in [0.2, 0.25) is 0 Å². The van der Waals surface area contributed by atoms with Crippen molar-refractivity contribution >= 4 is 18.1 Å². The molecule has 0 saturated heterocycles. The molecule has 2 nitrogen and oxygen atoms in total. The molecule has 0 aromatic heterocycles. The Morgan fingerprint density at radius 1 is 1.27 bits per heavy atom. The van der Waals surface area contributed by atoms with Crippen LogP contribution < -0.4 is 0 Å². The maximum atomic E-state index is 4.20. The maximum absolute atomic E-state index is 4.20. The standard InChI is InChI=1S/C13H14N2/c1-4-11-9-7-8-10-12(11)13(14-5-2)15-6-3/h4-10H,1-2H2,3H3. The zero-order valence-corrected chi connectivity index (χ0v) is 8.85. The second-order valence-corrected chi connectivity index (χ2v) is 2.81. The quantitative estimate of drug-likeness (QED) is 0.526. The molecule has 0 unspecified atom stereocenters. The second kappa shape index (κ2) is 5.70. The monoisotopic (exact) mass is 198 g/mol. The topological polar surface area (TPSA) is 24.7 Å². The highest BCUT2D eigenvalue weighted by Crippen LogP contribution is 2.12. The molecule has 15 heavy (non-hydrogen) atoms. The molecule has 76 valence electrons. The van der Waals surface area contributed by atoms with Crippen molar-refractivity contribution in [2.45, 2.75) is 6.92 Å². The summed E-state index contributed by atoms with van der Waals surface area (Å²) in [6.45, 7) is 9.19. The fourth-order valence-electron chi connectivity index (χ4n) is 1.26. The van der Waals surface area contributed by atoms with E-state index < -0.39 is 0 Å². The molecule has 1 aromatic carbocycles. The van der Waals surface area contributed by atoms with Crippen LogP contribution in [0.15, 0.2) is 53.6 Å². The van der Waals surface area contributed by atoms with E-state index >= 15 is 0 Å². The summed E-state index contributed by atoms with van der Waals surface area (Å²) in [4.78, 5) is 8.33. The number of rotatable bonds is 3. The highest BCUT2D eigenvalue weighted by molar-refractivity contribution is 6.05. The van der Waals surface area contributed by atoms with Gasteiger partial charge < -0.3 is 0 Å². The van der Waals surface area contributed by atoms with E-state index in [9.17, 15) is 0 Å². The van der Waals surface area contributed by atoms with Gasteiger partial charge in [-0.25, -0.2) is 9.98 Å². The molecule has 1 rings (SSSR count). The molecule has 0 aliphatic carbocycles. The zero-order valence-electron chi connectivity index (χ0n) is 8.85. The van der Waals surface area contributed by atoms with Crippen LogP contribution >= 0.6 is 0 Å². The minimum atomic E-state index is 0.656. The molecule has 1 aromatic rings. The minimum absolute atomic E-state index is 0.656. The summed E-state index contributed by atoms with van der Waals surface area (Å²) in [6, 6.07) is 7.85. The van der Waals surface area contributed by atoms with Gasteiger partial charge >= 0.3 is 0 Å². The summed E-state index contributed by atoms with van der Waals surface area (Å²) >= 11 is 0. The summed E-state index contributed by atoms with van der Waals surface area (Å²) < 4.78 is 0. The van der Waals surface area contributed by atoms with Crippen molar-refractivity contribution in [2.75, 3.05) is 0 Å². The first-order valence-electron chi connectivity index (χ1n) is 4.72. The summed E-state index contributed by atoms with van der Waals surface area (Å²) in [5.74, 6) is 0.656. The van der Waals surface area contributed by atoms with Crippen molar-refractivity contribution in [3.05, 3.63) is 54.8 Å². The maximum Gasteiger partial charge on any atom is 0.159 e. The van der Waals surface area contributed by atoms with Crippen LogP contribution in [0.25, 0.3) is 6.08 Å². The minimum Gasteiger partial charge on any atom is -0.241 e. The van der Waals surface area contributed by atoms with Crippen LogP contribution in [-0.2, 0) is 0 Å². The number of benzene rings is 1. The Morgan fingerprint density at radius 3 is 2.60 bits per heavy atom. The largest absolute Gasteiger partial charge is 0.241 e. The van der Waals surface area contributed by atoms with E-state index in [1.165, 1.54) is 6.20 Å². The molecule has 2 heteroatoms. The lowest BCUT2D eigenvalue weighted by atomic mass is 10.1. The van der Waals surface area contributed by atoms with E-state index in [1.54, 1.807) is 12.3 Å². The van der Waals surface area contributed by atoms with Gasteiger partial charge in [-0.05, 0) is 12.5 Å². The van der Waals surface area contributed by atoms with Crippen molar-refractivity contribution in [2.24, 2.45) is 9.98 Å². The predicted molar refractivity (Wildman–Crippen MR) is 67.4 cm³/mol. The van der Waals surface area contributed by atoms with Gasteiger partial charge in [-0.15, -0.1) is 0 Å². The van der Waals surface area contributed by atoms with Crippen LogP contribution in [0.3, 0.4) is 0 Å². The van der Waals surface area contributed by atoms with Gasteiger partial charge in [-0.3, -0.25) is 0 Å². The zero-order chi connectivity index (χ0) is 11.1. The van der Waals surface area contributed by atoms with Gasteiger partial charge in [0, 0.05) is 18.0 Å². The van der Waals surface area contributed by atoms with Crippen molar-refractivity contribution in [1.82, 2.24) is 0 Å². The molecule has 0 spiro atoms. The number of nitrogens with zero attached hydrogens (tertiary/aromatic N) is 2. The van der Waals surface area contributed by atoms with E-state index in [4.69, 9.17) is 0 Å². The molecule has 0 heterocycles. The molecular weight excluding hydrogens is 184 g/mol. The Hall–Kier alpha value is -1.96. The van der Waals surface area contributed by atoms with E-state index in [-0.39, 0.29) is 0 Å². The predicted octanol–water partition coefficient (Wildman–Crippen LogP) is 3.31. The molecule has 0 atom stereocenters. The Bertz CT molecular complexity index is 414. The van der Waals surface area contributed by atoms with E-state index in [2.05, 4.69) is 23.1 Å². The third kappa shape index (κ3) is 2.74. The summed E-state index contributed by atoms with van der Waals surface area (Å²) in [5, 5.41) is 0. The van der Waals surface area contributed by atoms with Gasteiger partial charge in [0.15, 0.2) is 5.84 Å². The smallest absolute Gasteiger partial charge is 0.159 e. The van der Waals surface area contributed by atoms with Gasteiger partial charge in [-0.1, -0.05) is 43.5 Å². The summed E-state index contributed by atoms with van der Waals surface area (Å²) in [7, 11) is 0. The number of hydrogen-bond acceptors (Lipinski definition) is 1. The Kier molecular flexibility index (Phi) is 4.23. The summed E-state index contributed by atoms with van der Waals surface area (Å²) in [5.41, 5.74) is 1.98. The van der Waals surface area contributed by atoms with E-state index in [0.717, 1.165) is 11.1 Å². The molecule has 0 radical (unpaired) electrons. The lowest BCUT2D eigenvalue weighted by Gasteiger charge is -2.03. The first kappa shape index (κ1) is 11.1. The first-order chi connectivity index (χ1) is 7.33. The van der Waals surface area contributed by atoms with Gasteiger partial charge in [0.1, 0.15) is 0 Å². The molecule has 0 aliphatic rings. The van der Waals surface area contributed by atoms with Crippen molar-refractivity contribution in [3.8, 4) is 0 Å². The normalized spacial score (nSPS) is 11.7. The third-order valence-corrected chi connectivity index (χ3v) is 1.89. The molecule has 0 bridgehead atoms. The average molecular weight is 198 g/mol. The molecular formula is C13H14N2. The fraction of sp³-hybridized carbons (Fsp3) is 0.0769. The lowest BCUT2D eigenvalue weighted by Crippen LogP contribution is -1.99. The van der Waals surface area contributed by atoms with Crippen LogP contribution in [-0.4, -0.2) is 12.1 Å². The highest BCUT2D eigenvalue weighted by atomic mass is 14.9. The fourth-order valence-corrected chi connectivity index (χ4v) is 1.26. The third-order valence-electron chi connectivity index (χ3n) is 1.89. The average Bonchev–Trinajstić information content (AvgIpc) is 2.29. The van der Waals surface area contributed by atoms with Gasteiger partial charge in [0.25, 0.3) is 0 Å². The number of hydrogen-bond donors (Lipinski definition) is 0. The van der Waals surface area contributed by atoms with Crippen LogP contribution in [0.4, 0.5) is 0 Å². The van der Waals surface area contributed by atoms with Crippen LogP contribution in [0.5, 0.6) is 0 Å². The van der Waals surface area contributed by atoms with Crippen molar-refractivity contribution in [3.63, 3.8) is 0 Å². The Balaban J connectivity index is 3.27. The van der Waals surface area contributed by atoms with E-state index in [1.807, 2.05) is 31.2 Å². The van der Waals surface area contributed by atoms with Crippen LogP contribution in [0.2, 0.25) is 0 Å². The van der Waals surface area contributed by atoms with E-state index in [0.29, 0.717) is 5.84 Å². The molecule has 0 saturated carbocycles. The number of aliphatic imine (C=N–C) groups is 2. The highest BCUT2D eigenvalue weighted by Gasteiger charge is 2.03. The first-order valence-corrected chi connectivity index (χ1v) is 4.72. The molecule has 0 N–H and O–H groups in total. The SMILES string of the molecule is C=CN=C(N=CC)c1ccccc1C=C. The Labute approximate surface area is 90.4 Å². The van der Waals surface area contributed by atoms with Crippen LogP contribution in [0, 0.1) is 0 Å². The van der Waals surface area contributed by atoms with Crippen molar-refractivity contribution in [1.29, 1.82) is 0 Å². The molecule has 0 aliphatic heterocycles. The molecule has 0 amide bonds. The number of amidine groups is 1. The van der Waals surface area contributed by atoms with Crippen LogP contribution in [0.1, 0.15) is 18.1 Å². The van der Waals surface area contributed by atoms with Crippen molar-refractivity contribution < 1.29 is 0 Å². The van der Waals surface area contributed by atoms with Gasteiger partial charge in [-0.2, -0.15) is 0 Å². The second-order valence-electron chi connectivity index (χ2n) is 2.81. The Morgan fingerprint density at radius 2 is 2.00 bits per heavy atom. The molecule has 0 fully saturated rings.